The number of alkyl halides is 3. The highest BCUT2D eigenvalue weighted by molar-refractivity contribution is 14.1. The molecule has 0 N–H and O–H groups in total. The molecule has 0 saturated carbocycles. The quantitative estimate of drug-likeness (QED) is 0.381. The molecule has 6 nitrogen and oxygen atoms in total. The van der Waals surface area contributed by atoms with Crippen LogP contribution >= 0.6 is 22.6 Å². The predicted octanol–water partition coefficient (Wildman–Crippen LogP) is 4.81. The Bertz CT molecular complexity index is 689. The van der Waals surface area contributed by atoms with E-state index in [0.717, 1.165) is 18.2 Å². The molecule has 0 atom stereocenters. The van der Waals surface area contributed by atoms with E-state index in [0.29, 0.717) is 0 Å². The van der Waals surface area contributed by atoms with Crippen molar-refractivity contribution in [1.29, 1.82) is 0 Å². The topological polar surface area (TPSA) is 86.3 Å². The van der Waals surface area contributed by atoms with Gasteiger partial charge >= 0.3 is 17.6 Å². The van der Waals surface area contributed by atoms with Crippen LogP contribution < -0.4 is 0 Å². The highest BCUT2D eigenvalue weighted by Gasteiger charge is 2.32. The van der Waals surface area contributed by atoms with Crippen LogP contribution in [0.3, 0.4) is 0 Å². The van der Waals surface area contributed by atoms with Crippen LogP contribution in [0.5, 0.6) is 0 Å². The molecule has 2 aromatic rings. The first kappa shape index (κ1) is 18.8. The van der Waals surface area contributed by atoms with Crippen molar-refractivity contribution in [3.8, 4) is 0 Å². The molecule has 0 aliphatic rings. The summed E-state index contributed by atoms with van der Waals surface area (Å²) in [6.07, 6.45) is -4.22. The number of hydrogen-bond acceptors (Lipinski definition) is 4. The van der Waals surface area contributed by atoms with E-state index in [1.807, 2.05) is 0 Å². The molecule has 0 fully saturated rings. The Morgan fingerprint density at radius 1 is 0.826 bits per heavy atom. The number of nitro benzene ring substituents is 2. The van der Waals surface area contributed by atoms with Crippen LogP contribution in [-0.4, -0.2) is 9.85 Å². The van der Waals surface area contributed by atoms with E-state index in [1.165, 1.54) is 24.3 Å². The summed E-state index contributed by atoms with van der Waals surface area (Å²) >= 11 is 1.67. The lowest BCUT2D eigenvalue weighted by molar-refractivity contribution is -0.422. The van der Waals surface area contributed by atoms with Crippen LogP contribution in [0, 0.1) is 23.8 Å². The van der Waals surface area contributed by atoms with Crippen molar-refractivity contribution in [3.63, 3.8) is 0 Å². The van der Waals surface area contributed by atoms with E-state index < -0.39 is 33.0 Å². The van der Waals surface area contributed by atoms with E-state index >= 15 is 0 Å². The predicted molar refractivity (Wildman–Crippen MR) is 83.9 cm³/mol. The van der Waals surface area contributed by atoms with Gasteiger partial charge in [0.15, 0.2) is 0 Å². The normalized spacial score (nSPS) is 10.4. The molecule has 2 rings (SSSR count). The summed E-state index contributed by atoms with van der Waals surface area (Å²) < 4.78 is 36.4. The Hall–Kier alpha value is -2.24. The first-order valence-electron chi connectivity index (χ1n) is 5.84. The second kappa shape index (κ2) is 7.85. The standard InChI is InChI=1S/C7H4F3I.C6H4N2O4/c8-7(9,10)5-3-1-2-4-6(5)11;9-7(10)5-3-1-2-4-6(5)8(11)12/h1-4H;1-4H. The van der Waals surface area contributed by atoms with Crippen molar-refractivity contribution in [1.82, 2.24) is 0 Å². The summed E-state index contributed by atoms with van der Waals surface area (Å²) in [5.41, 5.74) is -1.54. The van der Waals surface area contributed by atoms with Gasteiger partial charge in [-0.1, -0.05) is 24.3 Å². The van der Waals surface area contributed by atoms with Crippen molar-refractivity contribution >= 4 is 34.0 Å². The van der Waals surface area contributed by atoms with Gasteiger partial charge in [0, 0.05) is 15.7 Å². The van der Waals surface area contributed by atoms with Crippen LogP contribution in [0.15, 0.2) is 48.5 Å². The van der Waals surface area contributed by atoms with Gasteiger partial charge < -0.3 is 0 Å². The fourth-order valence-corrected chi connectivity index (χ4v) is 2.16. The van der Waals surface area contributed by atoms with Crippen molar-refractivity contribution in [2.24, 2.45) is 0 Å². The van der Waals surface area contributed by atoms with Gasteiger partial charge in [0.05, 0.1) is 15.4 Å². The first-order valence-corrected chi connectivity index (χ1v) is 6.92. The van der Waals surface area contributed by atoms with Crippen molar-refractivity contribution in [3.05, 3.63) is 77.9 Å². The Morgan fingerprint density at radius 2 is 1.22 bits per heavy atom. The molecule has 23 heavy (non-hydrogen) atoms. The molecule has 0 aliphatic heterocycles. The summed E-state index contributed by atoms with van der Waals surface area (Å²) in [4.78, 5) is 18.9. The molecule has 0 bridgehead atoms. The maximum absolute atomic E-state index is 12.0. The van der Waals surface area contributed by atoms with Gasteiger partial charge in [-0.25, -0.2) is 0 Å². The minimum Gasteiger partial charge on any atom is -0.258 e. The second-order valence-electron chi connectivity index (χ2n) is 3.98. The minimum absolute atomic E-state index is 0.234. The van der Waals surface area contributed by atoms with Crippen LogP contribution in [-0.2, 0) is 6.18 Å². The molecule has 0 aliphatic carbocycles. The van der Waals surface area contributed by atoms with E-state index in [4.69, 9.17) is 0 Å². The summed E-state index contributed by atoms with van der Waals surface area (Å²) in [5.74, 6) is 0. The molecule has 0 unspecified atom stereocenters. The average molecular weight is 440 g/mol. The number of benzene rings is 2. The van der Waals surface area contributed by atoms with Crippen molar-refractivity contribution in [2.45, 2.75) is 6.18 Å². The van der Waals surface area contributed by atoms with E-state index in [9.17, 15) is 33.4 Å². The average Bonchev–Trinajstić information content (AvgIpc) is 2.47. The highest BCUT2D eigenvalue weighted by atomic mass is 127. The van der Waals surface area contributed by atoms with Crippen molar-refractivity contribution in [2.75, 3.05) is 0 Å². The summed E-state index contributed by atoms with van der Waals surface area (Å²) in [7, 11) is 0. The number of rotatable bonds is 2. The molecule has 0 spiro atoms. The monoisotopic (exact) mass is 440 g/mol. The zero-order valence-electron chi connectivity index (χ0n) is 11.2. The Kier molecular flexibility index (Phi) is 6.42. The third-order valence-corrected chi connectivity index (χ3v) is 3.40. The molecule has 10 heteroatoms. The van der Waals surface area contributed by atoms with E-state index in [1.54, 1.807) is 28.7 Å². The second-order valence-corrected chi connectivity index (χ2v) is 5.14. The molecule has 122 valence electrons. The molecular weight excluding hydrogens is 432 g/mol. The van der Waals surface area contributed by atoms with Gasteiger partial charge in [-0.2, -0.15) is 13.2 Å². The number of hydrogen-bond donors (Lipinski definition) is 0. The maximum Gasteiger partial charge on any atom is 0.417 e. The third kappa shape index (κ3) is 5.47. The van der Waals surface area contributed by atoms with E-state index in [2.05, 4.69) is 0 Å². The SMILES string of the molecule is FC(F)(F)c1ccccc1I.O=[N+]([O-])c1ccccc1[N+](=O)[O-]. The summed E-state index contributed by atoms with van der Waals surface area (Å²) in [6, 6.07) is 10.4. The Labute approximate surface area is 141 Å². The molecule has 0 radical (unpaired) electrons. The van der Waals surface area contributed by atoms with Gasteiger partial charge in [0.25, 0.3) is 0 Å². The zero-order chi connectivity index (χ0) is 17.6. The maximum atomic E-state index is 12.0. The van der Waals surface area contributed by atoms with Gasteiger partial charge in [0.2, 0.25) is 0 Å². The fourth-order valence-electron chi connectivity index (χ4n) is 1.46. The summed E-state index contributed by atoms with van der Waals surface area (Å²) in [6.45, 7) is 0. The molecule has 0 aromatic heterocycles. The molecule has 2 aromatic carbocycles. The lowest BCUT2D eigenvalue weighted by Gasteiger charge is -2.07. The number of para-hydroxylation sites is 2. The van der Waals surface area contributed by atoms with Crippen LogP contribution in [0.1, 0.15) is 5.56 Å². The first-order chi connectivity index (χ1) is 10.6. The fraction of sp³-hybridized carbons (Fsp3) is 0.0769. The van der Waals surface area contributed by atoms with Gasteiger partial charge in [-0.3, -0.25) is 20.2 Å². The summed E-state index contributed by atoms with van der Waals surface area (Å²) in [5, 5.41) is 20.5. The third-order valence-electron chi connectivity index (χ3n) is 2.45. The molecule has 0 saturated heterocycles. The molecular formula is C13H8F3IN2O4. The smallest absolute Gasteiger partial charge is 0.258 e. The Morgan fingerprint density at radius 3 is 1.52 bits per heavy atom. The van der Waals surface area contributed by atoms with Gasteiger partial charge in [-0.15, -0.1) is 0 Å². The lowest BCUT2D eigenvalue weighted by Crippen LogP contribution is -2.06. The lowest BCUT2D eigenvalue weighted by atomic mass is 10.2. The van der Waals surface area contributed by atoms with Crippen LogP contribution in [0.4, 0.5) is 24.5 Å². The largest absolute Gasteiger partial charge is 0.417 e. The highest BCUT2D eigenvalue weighted by Crippen LogP contribution is 2.32. The number of nitrogens with zero attached hydrogens (tertiary/aromatic N) is 2. The number of nitro groups is 2. The van der Waals surface area contributed by atoms with Gasteiger partial charge in [-0.05, 0) is 34.7 Å². The van der Waals surface area contributed by atoms with E-state index in [-0.39, 0.29) is 3.57 Å². The molecule has 0 amide bonds. The molecule has 0 heterocycles. The number of halogens is 4. The Balaban J connectivity index is 0.000000231. The van der Waals surface area contributed by atoms with Crippen molar-refractivity contribution < 1.29 is 23.0 Å². The van der Waals surface area contributed by atoms with Crippen LogP contribution in [0.25, 0.3) is 0 Å². The van der Waals surface area contributed by atoms with Crippen LogP contribution in [0.2, 0.25) is 0 Å². The zero-order valence-corrected chi connectivity index (χ0v) is 13.3. The van der Waals surface area contributed by atoms with Gasteiger partial charge in [0.1, 0.15) is 0 Å². The minimum atomic E-state index is -4.22.